The number of allylic oxidation sites excluding steroid dienone is 3. The Morgan fingerprint density at radius 3 is 2.65 bits per heavy atom. The van der Waals surface area contributed by atoms with Gasteiger partial charge in [0.2, 0.25) is 0 Å². The van der Waals surface area contributed by atoms with Crippen LogP contribution in [0.25, 0.3) is 0 Å². The largest absolute Gasteiger partial charge is 0.480 e. The number of carbonyl (C=O) groups is 2. The lowest BCUT2D eigenvalue weighted by Gasteiger charge is -2.06. The number of unbranched alkanes of at least 4 members (excludes halogenated alkanes) is 2. The number of hydrogen-bond donors (Lipinski definition) is 2. The van der Waals surface area contributed by atoms with E-state index in [0.717, 1.165) is 6.42 Å². The lowest BCUT2D eigenvalue weighted by Crippen LogP contribution is -2.29. The number of rotatable bonds is 11. The van der Waals surface area contributed by atoms with E-state index in [4.69, 9.17) is 15.6 Å². The molecule has 0 bridgehead atoms. The average molecular weight is 283 g/mol. The van der Waals surface area contributed by atoms with E-state index in [2.05, 4.69) is 0 Å². The van der Waals surface area contributed by atoms with E-state index >= 15 is 0 Å². The summed E-state index contributed by atoms with van der Waals surface area (Å²) < 4.78 is 5.06. The minimum absolute atomic E-state index is 0.202. The van der Waals surface area contributed by atoms with E-state index in [9.17, 15) is 9.59 Å². The first kappa shape index (κ1) is 18.4. The molecule has 0 aromatic carbocycles. The summed E-state index contributed by atoms with van der Waals surface area (Å²) in [6, 6.07) is -0.800. The summed E-state index contributed by atoms with van der Waals surface area (Å²) in [7, 11) is 0. The van der Waals surface area contributed by atoms with E-state index in [0.29, 0.717) is 38.7 Å². The van der Waals surface area contributed by atoms with Crippen molar-refractivity contribution in [3.8, 4) is 0 Å². The van der Waals surface area contributed by atoms with Crippen molar-refractivity contribution >= 4 is 11.9 Å². The van der Waals surface area contributed by atoms with Crippen molar-refractivity contribution < 1.29 is 19.4 Å². The van der Waals surface area contributed by atoms with Gasteiger partial charge in [-0.3, -0.25) is 9.59 Å². The summed E-state index contributed by atoms with van der Waals surface area (Å²) in [5.41, 5.74) is 5.37. The van der Waals surface area contributed by atoms with Crippen LogP contribution in [0.2, 0.25) is 0 Å². The monoisotopic (exact) mass is 283 g/mol. The van der Waals surface area contributed by atoms with Gasteiger partial charge in [-0.15, -0.1) is 0 Å². The van der Waals surface area contributed by atoms with Crippen LogP contribution < -0.4 is 5.73 Å². The molecule has 5 nitrogen and oxygen atoms in total. The van der Waals surface area contributed by atoms with E-state index in [1.807, 2.05) is 31.2 Å². The van der Waals surface area contributed by atoms with Crippen LogP contribution >= 0.6 is 0 Å². The van der Waals surface area contributed by atoms with Gasteiger partial charge in [-0.2, -0.15) is 0 Å². The first-order chi connectivity index (χ1) is 9.57. The summed E-state index contributed by atoms with van der Waals surface area (Å²) in [6.45, 7) is 2.34. The quantitative estimate of drug-likeness (QED) is 0.345. The van der Waals surface area contributed by atoms with Crippen molar-refractivity contribution in [1.29, 1.82) is 0 Å². The Balaban J connectivity index is 3.43. The minimum atomic E-state index is -0.976. The lowest BCUT2D eigenvalue weighted by molar-refractivity contribution is -0.143. The molecule has 0 unspecified atom stereocenters. The van der Waals surface area contributed by atoms with Crippen LogP contribution in [0.3, 0.4) is 0 Å². The molecule has 0 rings (SSSR count). The molecule has 0 saturated heterocycles. The van der Waals surface area contributed by atoms with Crippen LogP contribution in [0.15, 0.2) is 24.3 Å². The van der Waals surface area contributed by atoms with Gasteiger partial charge in [0.25, 0.3) is 0 Å². The zero-order valence-electron chi connectivity index (χ0n) is 12.1. The zero-order chi connectivity index (χ0) is 15.2. The summed E-state index contributed by atoms with van der Waals surface area (Å²) in [5.74, 6) is -1.18. The number of carboxylic acid groups (broad SMARTS) is 1. The average Bonchev–Trinajstić information content (AvgIpc) is 2.41. The van der Waals surface area contributed by atoms with E-state index in [1.54, 1.807) is 0 Å². The molecular formula is C15H25NO4. The molecular weight excluding hydrogens is 258 g/mol. The Hall–Kier alpha value is -1.62. The number of esters is 1. The van der Waals surface area contributed by atoms with Gasteiger partial charge in [-0.05, 0) is 26.2 Å². The maximum absolute atomic E-state index is 11.4. The van der Waals surface area contributed by atoms with Crippen molar-refractivity contribution in [2.24, 2.45) is 5.73 Å². The first-order valence-electron chi connectivity index (χ1n) is 6.99. The predicted octanol–water partition coefficient (Wildman–Crippen LogP) is 2.41. The van der Waals surface area contributed by atoms with Gasteiger partial charge in [-0.1, -0.05) is 37.1 Å². The minimum Gasteiger partial charge on any atom is -0.480 e. The van der Waals surface area contributed by atoms with Gasteiger partial charge in [0, 0.05) is 6.42 Å². The number of ether oxygens (including phenoxy) is 1. The van der Waals surface area contributed by atoms with E-state index in [1.165, 1.54) is 0 Å². The number of hydrogen-bond acceptors (Lipinski definition) is 4. The normalized spacial score (nSPS) is 12.9. The van der Waals surface area contributed by atoms with Gasteiger partial charge in [0.05, 0.1) is 6.61 Å². The third-order valence-electron chi connectivity index (χ3n) is 2.70. The molecule has 0 fully saturated rings. The fourth-order valence-electron chi connectivity index (χ4n) is 1.53. The van der Waals surface area contributed by atoms with E-state index < -0.39 is 12.0 Å². The third kappa shape index (κ3) is 11.5. The second kappa shape index (κ2) is 12.4. The highest BCUT2D eigenvalue weighted by Gasteiger charge is 2.10. The molecule has 20 heavy (non-hydrogen) atoms. The van der Waals surface area contributed by atoms with Crippen molar-refractivity contribution in [1.82, 2.24) is 0 Å². The number of nitrogens with two attached hydrogens (primary N) is 1. The van der Waals surface area contributed by atoms with Crippen LogP contribution in [0.4, 0.5) is 0 Å². The summed E-state index contributed by atoms with van der Waals surface area (Å²) >= 11 is 0. The van der Waals surface area contributed by atoms with Crippen LogP contribution in [0, 0.1) is 0 Å². The Kier molecular flexibility index (Phi) is 11.4. The highest BCUT2D eigenvalue weighted by atomic mass is 16.5. The molecule has 0 radical (unpaired) electrons. The van der Waals surface area contributed by atoms with Crippen molar-refractivity contribution in [3.05, 3.63) is 24.3 Å². The molecule has 1 atom stereocenters. The van der Waals surface area contributed by atoms with Crippen LogP contribution in [0.1, 0.15) is 45.4 Å². The highest BCUT2D eigenvalue weighted by Crippen LogP contribution is 2.06. The third-order valence-corrected chi connectivity index (χ3v) is 2.70. The van der Waals surface area contributed by atoms with Crippen molar-refractivity contribution in [2.45, 2.75) is 51.5 Å². The predicted molar refractivity (Wildman–Crippen MR) is 78.2 cm³/mol. The molecule has 0 amide bonds. The SMILES string of the molecule is C/C=C/C=C/CCOC(=O)CCCCC[C@H](N)C(=O)O. The molecule has 0 spiro atoms. The fourth-order valence-corrected chi connectivity index (χ4v) is 1.53. The molecule has 0 aromatic heterocycles. The molecule has 0 saturated carbocycles. The number of carbonyl (C=O) groups excluding carboxylic acids is 1. The second-order valence-electron chi connectivity index (χ2n) is 4.51. The molecule has 0 aliphatic heterocycles. The summed E-state index contributed by atoms with van der Waals surface area (Å²) in [5, 5.41) is 8.59. The van der Waals surface area contributed by atoms with Gasteiger partial charge in [0.15, 0.2) is 0 Å². The molecule has 5 heteroatoms. The molecule has 0 aliphatic rings. The van der Waals surface area contributed by atoms with Gasteiger partial charge in [0.1, 0.15) is 6.04 Å². The van der Waals surface area contributed by atoms with Crippen LogP contribution in [-0.2, 0) is 14.3 Å². The molecule has 0 aromatic rings. The number of aliphatic carboxylic acids is 1. The van der Waals surface area contributed by atoms with Crippen molar-refractivity contribution in [2.75, 3.05) is 6.61 Å². The van der Waals surface area contributed by atoms with Gasteiger partial charge >= 0.3 is 11.9 Å². The Morgan fingerprint density at radius 1 is 1.25 bits per heavy atom. The standard InChI is InChI=1S/C15H25NO4/c1-2-3-4-5-9-12-20-14(17)11-8-6-7-10-13(16)15(18)19/h2-5,13H,6-12,16H2,1H3,(H,18,19)/b3-2+,5-4+/t13-/m0/s1. The first-order valence-corrected chi connectivity index (χ1v) is 6.99. The lowest BCUT2D eigenvalue weighted by atomic mass is 10.1. The summed E-state index contributed by atoms with van der Waals surface area (Å²) in [6.07, 6.45) is 11.5. The molecule has 114 valence electrons. The maximum Gasteiger partial charge on any atom is 0.320 e. The molecule has 0 aliphatic carbocycles. The zero-order valence-corrected chi connectivity index (χ0v) is 12.1. The summed E-state index contributed by atoms with van der Waals surface area (Å²) in [4.78, 5) is 21.8. The number of carboxylic acids is 1. The van der Waals surface area contributed by atoms with Gasteiger partial charge < -0.3 is 15.6 Å². The fraction of sp³-hybridized carbons (Fsp3) is 0.600. The van der Waals surface area contributed by atoms with Gasteiger partial charge in [-0.25, -0.2) is 0 Å². The Labute approximate surface area is 120 Å². The second-order valence-corrected chi connectivity index (χ2v) is 4.51. The van der Waals surface area contributed by atoms with Crippen LogP contribution in [0.5, 0.6) is 0 Å². The van der Waals surface area contributed by atoms with Crippen LogP contribution in [-0.4, -0.2) is 29.7 Å². The Morgan fingerprint density at radius 2 is 2.00 bits per heavy atom. The van der Waals surface area contributed by atoms with Crippen molar-refractivity contribution in [3.63, 3.8) is 0 Å². The topological polar surface area (TPSA) is 89.6 Å². The van der Waals surface area contributed by atoms with E-state index in [-0.39, 0.29) is 5.97 Å². The molecule has 0 heterocycles. The maximum atomic E-state index is 11.4. The highest BCUT2D eigenvalue weighted by molar-refractivity contribution is 5.72. The smallest absolute Gasteiger partial charge is 0.320 e. The Bertz CT molecular complexity index is 337. The molecule has 3 N–H and O–H groups in total.